The fourth-order valence-corrected chi connectivity index (χ4v) is 2.53. The molecule has 0 aliphatic heterocycles. The Morgan fingerprint density at radius 2 is 1.83 bits per heavy atom. The number of benzene rings is 2. The van der Waals surface area contributed by atoms with Crippen LogP contribution in [0.3, 0.4) is 0 Å². The summed E-state index contributed by atoms with van der Waals surface area (Å²) in [6.45, 7) is 6.10. The van der Waals surface area contributed by atoms with Gasteiger partial charge in [0.05, 0.1) is 5.54 Å². The van der Waals surface area contributed by atoms with Gasteiger partial charge in [0.2, 0.25) is 5.91 Å². The van der Waals surface area contributed by atoms with Gasteiger partial charge in [-0.15, -0.1) is 12.4 Å². The summed E-state index contributed by atoms with van der Waals surface area (Å²) in [4.78, 5) is 12.2. The Bertz CT molecular complexity index is 668. The molecule has 0 spiro atoms. The molecule has 0 radical (unpaired) electrons. The first-order valence-electron chi connectivity index (χ1n) is 7.60. The van der Waals surface area contributed by atoms with E-state index < -0.39 is 0 Å². The molecule has 0 saturated heterocycles. The van der Waals surface area contributed by atoms with E-state index in [-0.39, 0.29) is 23.9 Å². The Morgan fingerprint density at radius 1 is 1.13 bits per heavy atom. The van der Waals surface area contributed by atoms with Gasteiger partial charge in [0.25, 0.3) is 0 Å². The smallest absolute Gasteiger partial charge is 0.221 e. The van der Waals surface area contributed by atoms with E-state index in [2.05, 4.69) is 24.4 Å². The second kappa shape index (κ2) is 8.02. The second-order valence-corrected chi connectivity index (χ2v) is 6.24. The summed E-state index contributed by atoms with van der Waals surface area (Å²) in [5.41, 5.74) is 9.59. The highest BCUT2D eigenvalue weighted by atomic mass is 35.5. The molecule has 0 aliphatic rings. The van der Waals surface area contributed by atoms with E-state index in [1.165, 1.54) is 5.56 Å². The fraction of sp³-hybridized carbons (Fsp3) is 0.316. The number of halogens is 1. The number of carbonyl (C=O) groups is 1. The van der Waals surface area contributed by atoms with E-state index in [1.807, 2.05) is 50.2 Å². The van der Waals surface area contributed by atoms with Gasteiger partial charge in [-0.05, 0) is 44.4 Å². The number of hydrogen-bond donors (Lipinski definition) is 2. The first-order valence-corrected chi connectivity index (χ1v) is 7.60. The van der Waals surface area contributed by atoms with Crippen molar-refractivity contribution in [3.63, 3.8) is 0 Å². The highest BCUT2D eigenvalue weighted by molar-refractivity contribution is 5.85. The number of nitrogen functional groups attached to an aromatic ring is 1. The number of carbonyl (C=O) groups excluding carboxylic acids is 1. The zero-order valence-corrected chi connectivity index (χ0v) is 14.7. The van der Waals surface area contributed by atoms with Gasteiger partial charge in [0.1, 0.15) is 0 Å². The van der Waals surface area contributed by atoms with E-state index in [0.717, 1.165) is 16.8 Å². The Labute approximate surface area is 144 Å². The van der Waals surface area contributed by atoms with Crippen molar-refractivity contribution in [2.45, 2.75) is 39.2 Å². The average molecular weight is 333 g/mol. The molecule has 1 amide bonds. The van der Waals surface area contributed by atoms with Crippen LogP contribution in [0.4, 0.5) is 5.69 Å². The molecule has 4 heteroatoms. The topological polar surface area (TPSA) is 55.1 Å². The van der Waals surface area contributed by atoms with E-state index in [4.69, 9.17) is 5.73 Å². The Balaban J connectivity index is 0.00000264. The highest BCUT2D eigenvalue weighted by Crippen LogP contribution is 2.21. The van der Waals surface area contributed by atoms with Gasteiger partial charge in [-0.2, -0.15) is 0 Å². The van der Waals surface area contributed by atoms with Gasteiger partial charge in [-0.1, -0.05) is 48.0 Å². The first-order chi connectivity index (χ1) is 10.4. The molecule has 2 rings (SSSR count). The predicted octanol–water partition coefficient (Wildman–Crippen LogP) is 3.98. The van der Waals surface area contributed by atoms with Crippen LogP contribution < -0.4 is 11.1 Å². The lowest BCUT2D eigenvalue weighted by Gasteiger charge is -2.27. The third kappa shape index (κ3) is 5.29. The summed E-state index contributed by atoms with van der Waals surface area (Å²) in [6, 6.07) is 15.9. The van der Waals surface area contributed by atoms with Crippen LogP contribution in [-0.4, -0.2) is 5.91 Å². The van der Waals surface area contributed by atoms with Crippen molar-refractivity contribution in [3.8, 4) is 0 Å². The number of para-hydroxylation sites is 1. The van der Waals surface area contributed by atoms with Gasteiger partial charge >= 0.3 is 0 Å². The minimum atomic E-state index is -0.384. The maximum atomic E-state index is 12.2. The van der Waals surface area contributed by atoms with Crippen LogP contribution in [0.25, 0.3) is 0 Å². The van der Waals surface area contributed by atoms with Crippen molar-refractivity contribution in [1.29, 1.82) is 0 Å². The van der Waals surface area contributed by atoms with Crippen LogP contribution in [0.1, 0.15) is 37.0 Å². The zero-order chi connectivity index (χ0) is 16.2. The number of anilines is 1. The second-order valence-electron chi connectivity index (χ2n) is 6.24. The normalized spacial score (nSPS) is 10.7. The lowest BCUT2D eigenvalue weighted by molar-refractivity contribution is -0.122. The summed E-state index contributed by atoms with van der Waals surface area (Å²) < 4.78 is 0. The molecule has 23 heavy (non-hydrogen) atoms. The lowest BCUT2D eigenvalue weighted by Crippen LogP contribution is -2.41. The number of nitrogens with one attached hydrogen (secondary N) is 1. The standard InChI is InChI=1S/C19H24N2O.ClH/c1-14-7-6-9-16(13-14)19(2,3)21-18(22)12-11-15-8-4-5-10-17(15)20;/h4-10,13H,11-12,20H2,1-3H3,(H,21,22);1H. The summed E-state index contributed by atoms with van der Waals surface area (Å²) in [5, 5.41) is 3.11. The van der Waals surface area contributed by atoms with Crippen LogP contribution in [-0.2, 0) is 16.8 Å². The Hall–Kier alpha value is -2.00. The summed E-state index contributed by atoms with van der Waals surface area (Å²) >= 11 is 0. The Morgan fingerprint density at radius 3 is 2.48 bits per heavy atom. The maximum absolute atomic E-state index is 12.2. The van der Waals surface area contributed by atoms with Crippen molar-refractivity contribution in [2.75, 3.05) is 5.73 Å². The zero-order valence-electron chi connectivity index (χ0n) is 13.9. The lowest BCUT2D eigenvalue weighted by atomic mass is 9.92. The SMILES string of the molecule is Cc1cccc(C(C)(C)NC(=O)CCc2ccccc2N)c1.Cl. The van der Waals surface area contributed by atoms with Crippen molar-refractivity contribution in [2.24, 2.45) is 0 Å². The van der Waals surface area contributed by atoms with Crippen molar-refractivity contribution in [1.82, 2.24) is 5.32 Å². The summed E-state index contributed by atoms with van der Waals surface area (Å²) in [5.74, 6) is 0.0368. The number of nitrogens with two attached hydrogens (primary N) is 1. The van der Waals surface area contributed by atoms with E-state index in [1.54, 1.807) is 0 Å². The van der Waals surface area contributed by atoms with Gasteiger partial charge in [-0.3, -0.25) is 4.79 Å². The third-order valence-corrected chi connectivity index (χ3v) is 3.87. The molecular weight excluding hydrogens is 308 g/mol. The predicted molar refractivity (Wildman–Crippen MR) is 98.8 cm³/mol. The largest absolute Gasteiger partial charge is 0.399 e. The van der Waals surface area contributed by atoms with Crippen molar-refractivity contribution >= 4 is 24.0 Å². The molecule has 2 aromatic carbocycles. The molecule has 2 aromatic rings. The van der Waals surface area contributed by atoms with Gasteiger partial charge in [0, 0.05) is 12.1 Å². The first kappa shape index (κ1) is 19.0. The van der Waals surface area contributed by atoms with Gasteiger partial charge in [0.15, 0.2) is 0 Å². The fourth-order valence-electron chi connectivity index (χ4n) is 2.53. The van der Waals surface area contributed by atoms with Crippen LogP contribution in [0.15, 0.2) is 48.5 Å². The molecule has 3 nitrogen and oxygen atoms in total. The molecule has 0 atom stereocenters. The minimum Gasteiger partial charge on any atom is -0.399 e. The molecule has 0 unspecified atom stereocenters. The Kier molecular flexibility index (Phi) is 6.64. The molecule has 0 aromatic heterocycles. The molecule has 0 fully saturated rings. The number of amides is 1. The van der Waals surface area contributed by atoms with Crippen molar-refractivity contribution in [3.05, 3.63) is 65.2 Å². The monoisotopic (exact) mass is 332 g/mol. The summed E-state index contributed by atoms with van der Waals surface area (Å²) in [7, 11) is 0. The molecular formula is C19H25ClN2O. The average Bonchev–Trinajstić information content (AvgIpc) is 2.46. The number of hydrogen-bond acceptors (Lipinski definition) is 2. The van der Waals surface area contributed by atoms with E-state index in [9.17, 15) is 4.79 Å². The van der Waals surface area contributed by atoms with Crippen molar-refractivity contribution < 1.29 is 4.79 Å². The van der Waals surface area contributed by atoms with E-state index in [0.29, 0.717) is 12.8 Å². The van der Waals surface area contributed by atoms with Crippen LogP contribution in [0.2, 0.25) is 0 Å². The number of rotatable bonds is 5. The third-order valence-electron chi connectivity index (χ3n) is 3.87. The van der Waals surface area contributed by atoms with Crippen LogP contribution >= 0.6 is 12.4 Å². The highest BCUT2D eigenvalue weighted by Gasteiger charge is 2.22. The van der Waals surface area contributed by atoms with Gasteiger partial charge in [-0.25, -0.2) is 0 Å². The molecule has 124 valence electrons. The summed E-state index contributed by atoms with van der Waals surface area (Å²) in [6.07, 6.45) is 1.09. The molecule has 0 saturated carbocycles. The molecule has 0 bridgehead atoms. The van der Waals surface area contributed by atoms with Crippen LogP contribution in [0.5, 0.6) is 0 Å². The van der Waals surface area contributed by atoms with Crippen LogP contribution in [0, 0.1) is 6.92 Å². The quantitative estimate of drug-likeness (QED) is 0.813. The maximum Gasteiger partial charge on any atom is 0.221 e. The van der Waals surface area contributed by atoms with Gasteiger partial charge < -0.3 is 11.1 Å². The molecule has 3 N–H and O–H groups in total. The number of aryl methyl sites for hydroxylation is 2. The molecule has 0 heterocycles. The minimum absolute atomic E-state index is 0. The molecule has 0 aliphatic carbocycles. The van der Waals surface area contributed by atoms with E-state index >= 15 is 0 Å².